The van der Waals surface area contributed by atoms with Crippen molar-refractivity contribution in [1.82, 2.24) is 0 Å². The number of hydrogen-bond acceptors (Lipinski definition) is 2. The zero-order valence-corrected chi connectivity index (χ0v) is 15.5. The lowest BCUT2D eigenvalue weighted by Crippen LogP contribution is -2.51. The molecule has 0 aromatic heterocycles. The predicted octanol–water partition coefficient (Wildman–Crippen LogP) is 3.82. The minimum atomic E-state index is -0.522. The van der Waals surface area contributed by atoms with Crippen LogP contribution in [0, 0.1) is 0 Å². The largest absolute Gasteiger partial charge is 0.370 e. The van der Waals surface area contributed by atoms with Gasteiger partial charge in [0.25, 0.3) is 0 Å². The Bertz CT molecular complexity index is 713. The van der Waals surface area contributed by atoms with E-state index in [0.717, 1.165) is 48.5 Å². The van der Waals surface area contributed by atoms with Crippen LogP contribution in [0.2, 0.25) is 0 Å². The van der Waals surface area contributed by atoms with Gasteiger partial charge in [-0.2, -0.15) is 0 Å². The molecule has 0 N–H and O–H groups in total. The predicted molar refractivity (Wildman–Crippen MR) is 101 cm³/mol. The minimum absolute atomic E-state index is 0.164. The fourth-order valence-corrected chi connectivity index (χ4v) is 3.49. The fraction of sp³-hybridized carbons (Fsp3) is 0.409. The van der Waals surface area contributed by atoms with Crippen molar-refractivity contribution in [3.8, 4) is 0 Å². The molecular weight excluding hydrogens is 310 g/mol. The Morgan fingerprint density at radius 2 is 1.60 bits per heavy atom. The first kappa shape index (κ1) is 17.8. The molecule has 0 radical (unpaired) electrons. The van der Waals surface area contributed by atoms with E-state index in [1.165, 1.54) is 5.56 Å². The number of ketones is 1. The summed E-state index contributed by atoms with van der Waals surface area (Å²) in [6, 6.07) is 18.2. The van der Waals surface area contributed by atoms with E-state index < -0.39 is 5.41 Å². The number of carbonyl (C=O) groups is 1. The maximum atomic E-state index is 13.0. The number of likely N-dealkylation sites (N-methyl/N-ethyl adjacent to an activating group) is 1. The Balaban J connectivity index is 1.74. The normalized spacial score (nSPS) is 17.2. The van der Waals surface area contributed by atoms with Gasteiger partial charge in [-0.1, -0.05) is 54.6 Å². The Morgan fingerprint density at radius 3 is 2.20 bits per heavy atom. The highest BCUT2D eigenvalue weighted by molar-refractivity contribution is 6.03. The molecule has 1 aliphatic rings. The molecule has 0 amide bonds. The summed E-state index contributed by atoms with van der Waals surface area (Å²) < 4.78 is 6.48. The van der Waals surface area contributed by atoms with Gasteiger partial charge in [0.1, 0.15) is 19.6 Å². The first-order valence-corrected chi connectivity index (χ1v) is 9.01. The minimum Gasteiger partial charge on any atom is -0.370 e. The van der Waals surface area contributed by atoms with Crippen molar-refractivity contribution in [3.63, 3.8) is 0 Å². The van der Waals surface area contributed by atoms with E-state index >= 15 is 0 Å². The summed E-state index contributed by atoms with van der Waals surface area (Å²) in [5.74, 6) is 0.164. The Hall–Kier alpha value is -1.97. The quantitative estimate of drug-likeness (QED) is 0.612. The van der Waals surface area contributed by atoms with Gasteiger partial charge >= 0.3 is 0 Å². The van der Waals surface area contributed by atoms with Crippen LogP contribution >= 0.6 is 0 Å². The molecule has 2 aromatic carbocycles. The molecule has 132 valence electrons. The van der Waals surface area contributed by atoms with Crippen molar-refractivity contribution in [2.24, 2.45) is 0 Å². The van der Waals surface area contributed by atoms with Crippen LogP contribution in [-0.2, 0) is 16.7 Å². The van der Waals surface area contributed by atoms with Crippen molar-refractivity contribution in [2.45, 2.75) is 25.8 Å². The van der Waals surface area contributed by atoms with Gasteiger partial charge in [-0.15, -0.1) is 0 Å². The number of Topliss-reactive ketones (excluding diaryl/α,β-unsaturated/α-hetero) is 1. The molecule has 0 bridgehead atoms. The van der Waals surface area contributed by atoms with Gasteiger partial charge in [0.2, 0.25) is 0 Å². The zero-order chi connectivity index (χ0) is 17.9. The van der Waals surface area contributed by atoms with Crippen molar-refractivity contribution >= 4 is 5.78 Å². The molecule has 0 saturated carbocycles. The topological polar surface area (TPSA) is 26.3 Å². The Kier molecular flexibility index (Phi) is 5.07. The summed E-state index contributed by atoms with van der Waals surface area (Å²) in [5, 5.41) is 0. The van der Waals surface area contributed by atoms with Crippen LogP contribution in [0.3, 0.4) is 0 Å². The maximum Gasteiger partial charge on any atom is 0.172 e. The molecular formula is C22H28NO2+. The van der Waals surface area contributed by atoms with Gasteiger partial charge in [-0.3, -0.25) is 4.79 Å². The number of morpholine rings is 1. The summed E-state index contributed by atoms with van der Waals surface area (Å²) >= 11 is 0. The van der Waals surface area contributed by atoms with Gasteiger partial charge in [0.05, 0.1) is 25.7 Å². The van der Waals surface area contributed by atoms with Gasteiger partial charge < -0.3 is 9.22 Å². The molecule has 2 aromatic rings. The number of hydrogen-bond donors (Lipinski definition) is 0. The number of nitrogens with zero attached hydrogens (tertiary/aromatic N) is 1. The van der Waals surface area contributed by atoms with Crippen LogP contribution in [0.5, 0.6) is 0 Å². The second-order valence-corrected chi connectivity index (χ2v) is 7.85. The van der Waals surface area contributed by atoms with Gasteiger partial charge in [-0.05, 0) is 19.4 Å². The first-order chi connectivity index (χ1) is 11.9. The van der Waals surface area contributed by atoms with Crippen molar-refractivity contribution in [1.29, 1.82) is 0 Å². The van der Waals surface area contributed by atoms with Gasteiger partial charge in [-0.25, -0.2) is 0 Å². The van der Waals surface area contributed by atoms with E-state index in [1.54, 1.807) is 0 Å². The van der Waals surface area contributed by atoms with Crippen molar-refractivity contribution in [2.75, 3.05) is 33.4 Å². The molecule has 1 aliphatic heterocycles. The van der Waals surface area contributed by atoms with E-state index in [-0.39, 0.29) is 5.78 Å². The number of carbonyl (C=O) groups excluding carboxylic acids is 1. The van der Waals surface area contributed by atoms with Crippen LogP contribution < -0.4 is 0 Å². The number of quaternary nitrogens is 1. The van der Waals surface area contributed by atoms with Gasteiger partial charge in [0.15, 0.2) is 5.78 Å². The van der Waals surface area contributed by atoms with E-state index in [9.17, 15) is 4.79 Å². The van der Waals surface area contributed by atoms with E-state index in [2.05, 4.69) is 19.2 Å². The van der Waals surface area contributed by atoms with Crippen molar-refractivity contribution in [3.05, 3.63) is 71.3 Å². The molecule has 3 rings (SSSR count). The molecule has 1 fully saturated rings. The lowest BCUT2D eigenvalue weighted by atomic mass is 9.78. The summed E-state index contributed by atoms with van der Waals surface area (Å²) in [4.78, 5) is 13.0. The third kappa shape index (κ3) is 4.00. The Labute approximate surface area is 150 Å². The van der Waals surface area contributed by atoms with Crippen molar-refractivity contribution < 1.29 is 14.0 Å². The smallest absolute Gasteiger partial charge is 0.172 e. The standard InChI is InChI=1S/C22H28NO2/c1-22(2,20-7-5-4-6-8-20)21(24)19-11-9-18(10-12-19)17-23(3)13-15-25-16-14-23/h4-12H,13-17H2,1-3H3/q+1. The maximum absolute atomic E-state index is 13.0. The van der Waals surface area contributed by atoms with E-state index in [0.29, 0.717) is 0 Å². The Morgan fingerprint density at radius 1 is 1.00 bits per heavy atom. The number of rotatable bonds is 5. The molecule has 0 spiro atoms. The van der Waals surface area contributed by atoms with E-state index in [4.69, 9.17) is 4.74 Å². The molecule has 1 heterocycles. The molecule has 0 unspecified atom stereocenters. The summed E-state index contributed by atoms with van der Waals surface area (Å²) in [5.41, 5.74) is 2.59. The lowest BCUT2D eigenvalue weighted by molar-refractivity contribution is -0.929. The monoisotopic (exact) mass is 338 g/mol. The lowest BCUT2D eigenvalue weighted by Gasteiger charge is -2.37. The van der Waals surface area contributed by atoms with Crippen LogP contribution in [-0.4, -0.2) is 43.6 Å². The molecule has 3 nitrogen and oxygen atoms in total. The second-order valence-electron chi connectivity index (χ2n) is 7.85. The number of ether oxygens (including phenoxy) is 1. The van der Waals surface area contributed by atoms with Crippen LogP contribution in [0.1, 0.15) is 35.3 Å². The van der Waals surface area contributed by atoms with Crippen LogP contribution in [0.15, 0.2) is 54.6 Å². The van der Waals surface area contributed by atoms with Crippen LogP contribution in [0.4, 0.5) is 0 Å². The van der Waals surface area contributed by atoms with Gasteiger partial charge in [0, 0.05) is 11.1 Å². The third-order valence-electron chi connectivity index (χ3n) is 5.39. The van der Waals surface area contributed by atoms with Crippen LogP contribution in [0.25, 0.3) is 0 Å². The number of benzene rings is 2. The molecule has 3 heteroatoms. The fourth-order valence-electron chi connectivity index (χ4n) is 3.49. The molecule has 0 aliphatic carbocycles. The third-order valence-corrected chi connectivity index (χ3v) is 5.39. The molecule has 1 saturated heterocycles. The zero-order valence-electron chi connectivity index (χ0n) is 15.5. The average Bonchev–Trinajstić information content (AvgIpc) is 2.63. The second kappa shape index (κ2) is 7.11. The summed E-state index contributed by atoms with van der Waals surface area (Å²) in [7, 11) is 2.28. The highest BCUT2D eigenvalue weighted by Crippen LogP contribution is 2.28. The summed E-state index contributed by atoms with van der Waals surface area (Å²) in [6.45, 7) is 8.73. The average molecular weight is 338 g/mol. The molecule has 25 heavy (non-hydrogen) atoms. The highest BCUT2D eigenvalue weighted by Gasteiger charge is 2.31. The highest BCUT2D eigenvalue weighted by atomic mass is 16.5. The summed E-state index contributed by atoms with van der Waals surface area (Å²) in [6.07, 6.45) is 0. The first-order valence-electron chi connectivity index (χ1n) is 9.01. The molecule has 0 atom stereocenters. The van der Waals surface area contributed by atoms with E-state index in [1.807, 2.05) is 56.3 Å². The SMILES string of the molecule is CC(C)(C(=O)c1ccc(C[N+]2(C)CCOCC2)cc1)c1ccccc1.